The zero-order valence-corrected chi connectivity index (χ0v) is 12.9. The molecule has 1 aromatic carbocycles. The van der Waals surface area contributed by atoms with E-state index >= 15 is 0 Å². The van der Waals surface area contributed by atoms with Gasteiger partial charge < -0.3 is 5.32 Å². The van der Waals surface area contributed by atoms with Gasteiger partial charge in [0.2, 0.25) is 0 Å². The highest BCUT2D eigenvalue weighted by atomic mass is 32.2. The van der Waals surface area contributed by atoms with Gasteiger partial charge in [-0.15, -0.1) is 11.8 Å². The number of rotatable bonds is 5. The molecule has 0 bridgehead atoms. The predicted octanol–water partition coefficient (Wildman–Crippen LogP) is 3.85. The quantitative estimate of drug-likeness (QED) is 0.662. The number of hydrogen-bond donors (Lipinski definition) is 1. The number of para-hydroxylation sites is 1. The van der Waals surface area contributed by atoms with E-state index in [9.17, 15) is 10.1 Å². The first-order chi connectivity index (χ1) is 9.65. The highest BCUT2D eigenvalue weighted by molar-refractivity contribution is 8.00. The van der Waals surface area contributed by atoms with Gasteiger partial charge in [0.05, 0.1) is 9.82 Å². The summed E-state index contributed by atoms with van der Waals surface area (Å²) in [5, 5.41) is 14.9. The summed E-state index contributed by atoms with van der Waals surface area (Å²) in [4.78, 5) is 11.6. The summed E-state index contributed by atoms with van der Waals surface area (Å²) in [6, 6.07) is 7.52. The standard InChI is InChI=1S/C15H22N2O2S/c1-3-11-8-9-12(16-2)15(10-11)20-14-7-5-4-6-13(14)17(18)19/h4-7,11-12,15-16H,3,8-10H2,1-2H3. The van der Waals surface area contributed by atoms with Gasteiger partial charge in [-0.25, -0.2) is 0 Å². The van der Waals surface area contributed by atoms with Gasteiger partial charge in [-0.05, 0) is 38.3 Å². The maximum absolute atomic E-state index is 11.1. The van der Waals surface area contributed by atoms with Gasteiger partial charge in [-0.1, -0.05) is 25.5 Å². The molecule has 0 radical (unpaired) electrons. The Bertz CT molecular complexity index is 467. The van der Waals surface area contributed by atoms with Crippen molar-refractivity contribution in [1.29, 1.82) is 0 Å². The van der Waals surface area contributed by atoms with Crippen molar-refractivity contribution in [2.45, 2.75) is 48.8 Å². The average molecular weight is 294 g/mol. The van der Waals surface area contributed by atoms with E-state index in [1.165, 1.54) is 12.8 Å². The molecule has 0 saturated heterocycles. The molecule has 5 heteroatoms. The van der Waals surface area contributed by atoms with Crippen LogP contribution in [0.2, 0.25) is 0 Å². The van der Waals surface area contributed by atoms with Crippen LogP contribution in [0.15, 0.2) is 29.2 Å². The number of nitrogens with zero attached hydrogens (tertiary/aromatic N) is 1. The number of thioether (sulfide) groups is 1. The highest BCUT2D eigenvalue weighted by Gasteiger charge is 2.31. The van der Waals surface area contributed by atoms with Crippen LogP contribution in [0.3, 0.4) is 0 Å². The number of nitro benzene ring substituents is 1. The summed E-state index contributed by atoms with van der Waals surface area (Å²) >= 11 is 1.67. The van der Waals surface area contributed by atoms with E-state index < -0.39 is 0 Å². The van der Waals surface area contributed by atoms with Crippen molar-refractivity contribution in [2.24, 2.45) is 5.92 Å². The third kappa shape index (κ3) is 3.52. The second kappa shape index (κ2) is 7.09. The molecular weight excluding hydrogens is 272 g/mol. The first-order valence-electron chi connectivity index (χ1n) is 7.23. The second-order valence-electron chi connectivity index (χ2n) is 5.36. The first-order valence-corrected chi connectivity index (χ1v) is 8.11. The van der Waals surface area contributed by atoms with Crippen molar-refractivity contribution in [3.8, 4) is 0 Å². The van der Waals surface area contributed by atoms with Crippen LogP contribution in [0.5, 0.6) is 0 Å². The van der Waals surface area contributed by atoms with Crippen molar-refractivity contribution < 1.29 is 4.92 Å². The Morgan fingerprint density at radius 3 is 2.80 bits per heavy atom. The summed E-state index contributed by atoms with van der Waals surface area (Å²) in [7, 11) is 1.99. The molecule has 3 atom stereocenters. The maximum atomic E-state index is 11.1. The van der Waals surface area contributed by atoms with Crippen molar-refractivity contribution in [3.05, 3.63) is 34.4 Å². The Hall–Kier alpha value is -1.07. The Morgan fingerprint density at radius 2 is 2.15 bits per heavy atom. The fourth-order valence-corrected chi connectivity index (χ4v) is 4.47. The van der Waals surface area contributed by atoms with Gasteiger partial charge >= 0.3 is 0 Å². The van der Waals surface area contributed by atoms with Gasteiger partial charge in [0.25, 0.3) is 5.69 Å². The van der Waals surface area contributed by atoms with Crippen molar-refractivity contribution in [2.75, 3.05) is 7.05 Å². The Labute approximate surface area is 124 Å². The lowest BCUT2D eigenvalue weighted by Gasteiger charge is -2.35. The Balaban J connectivity index is 2.16. The molecule has 1 aromatic rings. The summed E-state index contributed by atoms with van der Waals surface area (Å²) in [5.74, 6) is 0.750. The Kier molecular flexibility index (Phi) is 5.43. The molecule has 3 unspecified atom stereocenters. The van der Waals surface area contributed by atoms with Crippen LogP contribution in [-0.4, -0.2) is 23.3 Å². The topological polar surface area (TPSA) is 55.2 Å². The number of benzene rings is 1. The van der Waals surface area contributed by atoms with Crippen molar-refractivity contribution >= 4 is 17.4 Å². The van der Waals surface area contributed by atoms with Crippen LogP contribution in [0.25, 0.3) is 0 Å². The van der Waals surface area contributed by atoms with Crippen LogP contribution in [0.1, 0.15) is 32.6 Å². The van der Waals surface area contributed by atoms with Crippen LogP contribution < -0.4 is 5.32 Å². The molecule has 1 N–H and O–H groups in total. The third-order valence-corrected chi connectivity index (χ3v) is 5.61. The third-order valence-electron chi connectivity index (χ3n) is 4.19. The van der Waals surface area contributed by atoms with E-state index in [-0.39, 0.29) is 10.6 Å². The molecule has 0 aliphatic heterocycles. The molecule has 1 fully saturated rings. The molecular formula is C15H22N2O2S. The normalized spacial score (nSPS) is 26.4. The Morgan fingerprint density at radius 1 is 1.40 bits per heavy atom. The minimum absolute atomic E-state index is 0.228. The van der Waals surface area contributed by atoms with Gasteiger partial charge in [-0.2, -0.15) is 0 Å². The molecule has 20 heavy (non-hydrogen) atoms. The average Bonchev–Trinajstić information content (AvgIpc) is 2.47. The smallest absolute Gasteiger partial charge is 0.282 e. The lowest BCUT2D eigenvalue weighted by molar-refractivity contribution is -0.387. The number of hydrogen-bond acceptors (Lipinski definition) is 4. The summed E-state index contributed by atoms with van der Waals surface area (Å²) in [5.41, 5.74) is 0.228. The minimum Gasteiger partial charge on any atom is -0.316 e. The first kappa shape index (κ1) is 15.3. The fraction of sp³-hybridized carbons (Fsp3) is 0.600. The summed E-state index contributed by atoms with van der Waals surface area (Å²) < 4.78 is 0. The molecule has 4 nitrogen and oxygen atoms in total. The van der Waals surface area contributed by atoms with Gasteiger partial charge in [-0.3, -0.25) is 10.1 Å². The zero-order chi connectivity index (χ0) is 14.5. The SMILES string of the molecule is CCC1CCC(NC)C(Sc2ccccc2[N+](=O)[O-])C1. The van der Waals surface area contributed by atoms with Crippen molar-refractivity contribution in [1.82, 2.24) is 5.32 Å². The van der Waals surface area contributed by atoms with Gasteiger partial charge in [0, 0.05) is 17.4 Å². The van der Waals surface area contributed by atoms with E-state index in [1.807, 2.05) is 19.2 Å². The van der Waals surface area contributed by atoms with E-state index in [4.69, 9.17) is 0 Å². The van der Waals surface area contributed by atoms with E-state index in [1.54, 1.807) is 23.9 Å². The molecule has 0 amide bonds. The monoisotopic (exact) mass is 294 g/mol. The van der Waals surface area contributed by atoms with E-state index in [2.05, 4.69) is 12.2 Å². The molecule has 1 saturated carbocycles. The number of nitro groups is 1. The van der Waals surface area contributed by atoms with Crippen LogP contribution in [0.4, 0.5) is 5.69 Å². The maximum Gasteiger partial charge on any atom is 0.282 e. The molecule has 1 aliphatic carbocycles. The zero-order valence-electron chi connectivity index (χ0n) is 12.0. The highest BCUT2D eigenvalue weighted by Crippen LogP contribution is 2.40. The lowest BCUT2D eigenvalue weighted by Crippen LogP contribution is -2.40. The summed E-state index contributed by atoms with van der Waals surface area (Å²) in [6.45, 7) is 2.23. The van der Waals surface area contributed by atoms with Crippen LogP contribution in [0, 0.1) is 16.0 Å². The lowest BCUT2D eigenvalue weighted by atomic mass is 9.84. The van der Waals surface area contributed by atoms with Crippen LogP contribution in [-0.2, 0) is 0 Å². The minimum atomic E-state index is -0.281. The second-order valence-corrected chi connectivity index (χ2v) is 6.64. The molecule has 1 aliphatic rings. The largest absolute Gasteiger partial charge is 0.316 e. The molecule has 110 valence electrons. The molecule has 0 aromatic heterocycles. The fourth-order valence-electron chi connectivity index (χ4n) is 2.91. The molecule has 0 spiro atoms. The van der Waals surface area contributed by atoms with E-state index in [0.29, 0.717) is 11.3 Å². The predicted molar refractivity (Wildman–Crippen MR) is 83.2 cm³/mol. The van der Waals surface area contributed by atoms with Gasteiger partial charge in [0.1, 0.15) is 0 Å². The van der Waals surface area contributed by atoms with Crippen LogP contribution >= 0.6 is 11.8 Å². The van der Waals surface area contributed by atoms with Crippen molar-refractivity contribution in [3.63, 3.8) is 0 Å². The molecule has 2 rings (SSSR count). The van der Waals surface area contributed by atoms with Gasteiger partial charge in [0.15, 0.2) is 0 Å². The summed E-state index contributed by atoms with van der Waals surface area (Å²) in [6.07, 6.45) is 4.76. The molecule has 0 heterocycles. The number of nitrogens with one attached hydrogen (secondary N) is 1. The van der Waals surface area contributed by atoms with E-state index in [0.717, 1.165) is 23.7 Å².